The summed E-state index contributed by atoms with van der Waals surface area (Å²) in [6.45, 7) is 4.43. The van der Waals surface area contributed by atoms with Crippen LogP contribution < -0.4 is 21.1 Å². The van der Waals surface area contributed by atoms with Crippen molar-refractivity contribution in [3.05, 3.63) is 71.7 Å². The first-order chi connectivity index (χ1) is 18.7. The van der Waals surface area contributed by atoms with E-state index in [0.29, 0.717) is 54.0 Å². The second kappa shape index (κ2) is 9.45. The Morgan fingerprint density at radius 3 is 2.68 bits per heavy atom. The average molecular weight is 530 g/mol. The second-order valence-corrected chi connectivity index (χ2v) is 10.5. The van der Waals surface area contributed by atoms with Crippen LogP contribution in [0.2, 0.25) is 0 Å². The highest BCUT2D eigenvalue weighted by Crippen LogP contribution is 2.47. The monoisotopic (exact) mass is 529 g/mol. The van der Waals surface area contributed by atoms with Gasteiger partial charge in [0.25, 0.3) is 0 Å². The molecule has 194 valence electrons. The maximum atomic E-state index is 12.7. The molecule has 2 aliphatic heterocycles. The topological polar surface area (TPSA) is 133 Å². The van der Waals surface area contributed by atoms with Gasteiger partial charge in [-0.1, -0.05) is 36.0 Å². The summed E-state index contributed by atoms with van der Waals surface area (Å²) in [6, 6.07) is 11.9. The Kier molecular flexibility index (Phi) is 5.78. The van der Waals surface area contributed by atoms with Gasteiger partial charge in [-0.2, -0.15) is 0 Å². The molecule has 0 saturated carbocycles. The Labute approximate surface area is 226 Å². The van der Waals surface area contributed by atoms with E-state index in [9.17, 15) is 4.79 Å². The number of piperidine rings is 1. The Morgan fingerprint density at radius 2 is 1.97 bits per heavy atom. The lowest BCUT2D eigenvalue weighted by Gasteiger charge is -2.41. The predicted molar refractivity (Wildman–Crippen MR) is 145 cm³/mol. The van der Waals surface area contributed by atoms with E-state index >= 15 is 0 Å². The van der Waals surface area contributed by atoms with Crippen LogP contribution in [-0.2, 0) is 0 Å². The van der Waals surface area contributed by atoms with Crippen molar-refractivity contribution in [1.82, 2.24) is 15.0 Å². The summed E-state index contributed by atoms with van der Waals surface area (Å²) in [4.78, 5) is 29.2. The molecule has 1 fully saturated rings. The number of carbonyl (C=O) groups excluding carboxylic acids is 1. The van der Waals surface area contributed by atoms with Crippen molar-refractivity contribution in [2.45, 2.75) is 48.2 Å². The van der Waals surface area contributed by atoms with Gasteiger partial charge < -0.3 is 25.5 Å². The third kappa shape index (κ3) is 4.10. The minimum atomic E-state index is -1.37. The fraction of sp³-hybridized carbons (Fsp3) is 0.286. The molecule has 0 radical (unpaired) electrons. The molecule has 2 aliphatic rings. The zero-order valence-corrected chi connectivity index (χ0v) is 21.9. The third-order valence-corrected chi connectivity index (χ3v) is 8.36. The van der Waals surface area contributed by atoms with Crippen molar-refractivity contribution in [3.8, 4) is 17.2 Å². The van der Waals surface area contributed by atoms with Crippen molar-refractivity contribution in [2.24, 2.45) is 5.73 Å². The van der Waals surface area contributed by atoms with E-state index in [1.165, 1.54) is 24.9 Å². The smallest absolute Gasteiger partial charge is 0.226 e. The van der Waals surface area contributed by atoms with Crippen molar-refractivity contribution in [2.75, 3.05) is 23.7 Å². The van der Waals surface area contributed by atoms with Gasteiger partial charge in [-0.3, -0.25) is 4.79 Å². The number of aromatic nitrogens is 3. The molecule has 2 aromatic heterocycles. The fourth-order valence-corrected chi connectivity index (χ4v) is 6.02. The molecule has 1 saturated heterocycles. The van der Waals surface area contributed by atoms with Crippen LogP contribution in [-0.4, -0.2) is 39.4 Å². The number of nitrogens with two attached hydrogens (primary N) is 2. The second-order valence-electron chi connectivity index (χ2n) is 9.50. The zero-order valence-electron chi connectivity index (χ0n) is 22.1. The number of Topliss-reactive ketones (excluding diaryl/α,β-unsaturated/α-hetero) is 1. The average Bonchev–Trinajstić information content (AvgIpc) is 3.52. The summed E-state index contributed by atoms with van der Waals surface area (Å²) < 4.78 is 20.7. The number of ketones is 1. The molecule has 0 amide bonds. The number of rotatable bonds is 5. The summed E-state index contributed by atoms with van der Waals surface area (Å²) in [7, 11) is 0. The van der Waals surface area contributed by atoms with Crippen LogP contribution in [0.4, 0.5) is 11.6 Å². The van der Waals surface area contributed by atoms with Crippen molar-refractivity contribution in [1.29, 1.82) is 0 Å². The summed E-state index contributed by atoms with van der Waals surface area (Å²) >= 11 is 1.35. The molecule has 38 heavy (non-hydrogen) atoms. The molecule has 0 unspecified atom stereocenters. The van der Waals surface area contributed by atoms with Crippen molar-refractivity contribution in [3.63, 3.8) is 0 Å². The van der Waals surface area contributed by atoms with Gasteiger partial charge in [0.2, 0.25) is 5.89 Å². The summed E-state index contributed by atoms with van der Waals surface area (Å²) in [5.74, 6) is 1.65. The number of para-hydroxylation sites is 1. The molecule has 4 heterocycles. The van der Waals surface area contributed by atoms with Gasteiger partial charge in [0.1, 0.15) is 28.3 Å². The molecule has 6 rings (SSSR count). The maximum Gasteiger partial charge on any atom is 0.226 e. The number of nitrogens with zero attached hydrogens (tertiary/aromatic N) is 4. The number of ether oxygens (including phenoxy) is 1. The summed E-state index contributed by atoms with van der Waals surface area (Å²) in [5, 5.41) is 0.451. The molecule has 4 aromatic rings. The standard InChI is InChI=1S/C28H28N6O3S/c1-16-18(26-31-12-15-36-26)7-5-9-21(16)38-27-24(30)33-25(22(32-27)17(2)35)34-13-10-28(11-14-34)23(29)19-6-3-4-8-20(19)37-28/h3-9,12,15,23H,10-11,13-14,29H2,1-2H3,(H2,30,33)/t23-/m1/s1/i23D. The molecular weight excluding hydrogens is 500 g/mol. The van der Waals surface area contributed by atoms with Crippen LogP contribution in [0.1, 0.15) is 48.8 Å². The van der Waals surface area contributed by atoms with E-state index in [1.54, 1.807) is 6.20 Å². The molecule has 1 spiro atoms. The molecule has 0 bridgehead atoms. The largest absolute Gasteiger partial charge is 0.485 e. The van der Waals surface area contributed by atoms with Crippen molar-refractivity contribution >= 4 is 29.2 Å². The van der Waals surface area contributed by atoms with Crippen molar-refractivity contribution < 1.29 is 15.3 Å². The first kappa shape index (κ1) is 23.2. The number of oxazole rings is 1. The summed E-state index contributed by atoms with van der Waals surface area (Å²) in [6.07, 6.45) is 4.12. The first-order valence-electron chi connectivity index (χ1n) is 12.9. The quantitative estimate of drug-likeness (QED) is 0.347. The van der Waals surface area contributed by atoms with Crippen LogP contribution in [0.15, 0.2) is 69.3 Å². The minimum Gasteiger partial charge on any atom is -0.485 e. The Morgan fingerprint density at radius 1 is 1.18 bits per heavy atom. The fourth-order valence-electron chi connectivity index (χ4n) is 5.11. The SMILES string of the molecule is [2H][C@@]1(N)c2ccccc2OC12CCN(c1nc(N)c(Sc3cccc(-c4ncco4)c3C)nc1C(C)=O)CC2. The Balaban J connectivity index is 1.27. The van der Waals surface area contributed by atoms with Gasteiger partial charge in [-0.25, -0.2) is 15.0 Å². The van der Waals surface area contributed by atoms with Crippen LogP contribution >= 0.6 is 11.8 Å². The lowest BCUT2D eigenvalue weighted by molar-refractivity contribution is 0.0430. The number of hydrogen-bond donors (Lipinski definition) is 2. The van der Waals surface area contributed by atoms with Crippen LogP contribution in [0.25, 0.3) is 11.5 Å². The van der Waals surface area contributed by atoms with E-state index in [2.05, 4.69) is 15.0 Å². The summed E-state index contributed by atoms with van der Waals surface area (Å²) in [5.41, 5.74) is 14.9. The molecule has 10 heteroatoms. The van der Waals surface area contributed by atoms with E-state index in [4.69, 9.17) is 22.0 Å². The van der Waals surface area contributed by atoms with Gasteiger partial charge in [0.05, 0.1) is 13.6 Å². The van der Waals surface area contributed by atoms with Crippen LogP contribution in [0, 0.1) is 6.92 Å². The number of anilines is 2. The highest BCUT2D eigenvalue weighted by molar-refractivity contribution is 7.99. The number of fused-ring (bicyclic) bond motifs is 1. The molecule has 9 nitrogen and oxygen atoms in total. The van der Waals surface area contributed by atoms with Gasteiger partial charge >= 0.3 is 0 Å². The molecule has 2 aromatic carbocycles. The molecular formula is C28H28N6O3S. The number of nitrogen functional groups attached to an aromatic ring is 1. The lowest BCUT2D eigenvalue weighted by atomic mass is 9.83. The van der Waals surface area contributed by atoms with Crippen LogP contribution in [0.5, 0.6) is 5.75 Å². The third-order valence-electron chi connectivity index (χ3n) is 7.20. The van der Waals surface area contributed by atoms with E-state index in [1.807, 2.05) is 54.3 Å². The maximum absolute atomic E-state index is 12.7. The van der Waals surface area contributed by atoms with Gasteiger partial charge in [-0.15, -0.1) is 0 Å². The number of hydrogen-bond acceptors (Lipinski definition) is 10. The van der Waals surface area contributed by atoms with E-state index < -0.39 is 11.6 Å². The normalized spacial score (nSPS) is 20.2. The van der Waals surface area contributed by atoms with E-state index in [0.717, 1.165) is 16.0 Å². The predicted octanol–water partition coefficient (Wildman–Crippen LogP) is 4.81. The van der Waals surface area contributed by atoms with E-state index in [-0.39, 0.29) is 17.3 Å². The van der Waals surface area contributed by atoms with Gasteiger partial charge in [0.15, 0.2) is 17.4 Å². The van der Waals surface area contributed by atoms with Crippen LogP contribution in [0.3, 0.4) is 0 Å². The molecule has 4 N–H and O–H groups in total. The lowest BCUT2D eigenvalue weighted by Crippen LogP contribution is -2.52. The molecule has 1 atom stereocenters. The Bertz CT molecular complexity index is 1570. The number of carbonyl (C=O) groups is 1. The number of benzene rings is 2. The zero-order chi connectivity index (χ0) is 27.4. The molecule has 0 aliphatic carbocycles. The highest BCUT2D eigenvalue weighted by Gasteiger charge is 2.48. The van der Waals surface area contributed by atoms with Gasteiger partial charge in [-0.05, 0) is 30.7 Å². The highest BCUT2D eigenvalue weighted by atomic mass is 32.2. The van der Waals surface area contributed by atoms with Gasteiger partial charge in [0, 0.05) is 48.9 Å². The first-order valence-corrected chi connectivity index (χ1v) is 13.2. The minimum absolute atomic E-state index is 0.205. The Hall–Kier alpha value is -3.89.